The molecule has 2 saturated carbocycles. The van der Waals surface area contributed by atoms with E-state index in [0.29, 0.717) is 12.8 Å². The highest BCUT2D eigenvalue weighted by Crippen LogP contribution is 2.45. The van der Waals surface area contributed by atoms with Gasteiger partial charge in [-0.15, -0.1) is 0 Å². The van der Waals surface area contributed by atoms with E-state index in [0.717, 1.165) is 49.2 Å². The van der Waals surface area contributed by atoms with Crippen LogP contribution in [0, 0.1) is 40.9 Å². The minimum Gasteiger partial charge on any atom is -0.353 e. The van der Waals surface area contributed by atoms with Gasteiger partial charge in [0.2, 0.25) is 0 Å². The van der Waals surface area contributed by atoms with Gasteiger partial charge in [-0.1, -0.05) is 46.5 Å². The highest BCUT2D eigenvalue weighted by Gasteiger charge is 2.36. The van der Waals surface area contributed by atoms with Crippen LogP contribution in [0.2, 0.25) is 0 Å². The Hall–Kier alpha value is -0.590. The topological polar surface area (TPSA) is 42.2 Å². The normalized spacial score (nSPS) is 28.1. The van der Waals surface area contributed by atoms with Crippen LogP contribution in [-0.2, 0) is 9.47 Å². The van der Waals surface area contributed by atoms with Crippen molar-refractivity contribution in [1.82, 2.24) is 0 Å². The lowest BCUT2D eigenvalue weighted by atomic mass is 10.0. The predicted octanol–water partition coefficient (Wildman–Crippen LogP) is 6.33. The number of ether oxygens (including phenoxy) is 2. The van der Waals surface area contributed by atoms with E-state index >= 15 is 0 Å². The van der Waals surface area contributed by atoms with Gasteiger partial charge in [0.1, 0.15) is 0 Å². The largest absolute Gasteiger partial charge is 0.353 e. The minimum atomic E-state index is -0.171. The van der Waals surface area contributed by atoms with Gasteiger partial charge in [-0.05, 0) is 61.7 Å². The molecule has 5 atom stereocenters. The second-order valence-corrected chi connectivity index (χ2v) is 9.07. The maximum absolute atomic E-state index is 8.86. The Labute approximate surface area is 161 Å². The number of hydrogen-bond acceptors (Lipinski definition) is 3. The molecule has 0 aromatic carbocycles. The molecule has 3 nitrogen and oxygen atoms in total. The van der Waals surface area contributed by atoms with Crippen molar-refractivity contribution in [3.05, 3.63) is 0 Å². The van der Waals surface area contributed by atoms with Crippen LogP contribution in [0.15, 0.2) is 0 Å². The number of nitriles is 1. The first-order valence-corrected chi connectivity index (χ1v) is 11.2. The number of unbranched alkanes of at least 4 members (excludes halogenated alkanes) is 1. The smallest absolute Gasteiger partial charge is 0.158 e. The Balaban J connectivity index is 1.52. The van der Waals surface area contributed by atoms with Crippen molar-refractivity contribution in [3.8, 4) is 6.07 Å². The van der Waals surface area contributed by atoms with Crippen LogP contribution < -0.4 is 0 Å². The van der Waals surface area contributed by atoms with E-state index < -0.39 is 0 Å². The molecular formula is C23H41NO2. The highest BCUT2D eigenvalue weighted by molar-refractivity contribution is 4.86. The molecule has 0 N–H and O–H groups in total. The molecule has 2 rings (SSSR count). The Morgan fingerprint density at radius 3 is 2.00 bits per heavy atom. The standard InChI is InChI=1S/C23H41NO2/c1-4-5-7-19-16-21(19)11-14-25-23(8-6-13-24)26-15-12-22-17-20(22)10-9-18(2)3/h18-23H,4-12,14-17H2,1-3H3. The van der Waals surface area contributed by atoms with Gasteiger partial charge in [-0.3, -0.25) is 0 Å². The molecule has 5 unspecified atom stereocenters. The van der Waals surface area contributed by atoms with Gasteiger partial charge in [0.15, 0.2) is 6.29 Å². The molecule has 2 aliphatic carbocycles. The first-order valence-electron chi connectivity index (χ1n) is 11.2. The fourth-order valence-electron chi connectivity index (χ4n) is 4.15. The molecule has 26 heavy (non-hydrogen) atoms. The van der Waals surface area contributed by atoms with Gasteiger partial charge in [0, 0.05) is 12.8 Å². The first-order chi connectivity index (χ1) is 12.6. The predicted molar refractivity (Wildman–Crippen MR) is 107 cm³/mol. The van der Waals surface area contributed by atoms with Crippen molar-refractivity contribution in [2.24, 2.45) is 29.6 Å². The zero-order valence-electron chi connectivity index (χ0n) is 17.4. The molecule has 0 spiro atoms. The fraction of sp³-hybridized carbons (Fsp3) is 0.957. The fourth-order valence-corrected chi connectivity index (χ4v) is 4.15. The third-order valence-corrected chi connectivity index (χ3v) is 6.26. The molecule has 0 saturated heterocycles. The van der Waals surface area contributed by atoms with Gasteiger partial charge in [-0.25, -0.2) is 0 Å². The molecule has 0 radical (unpaired) electrons. The Morgan fingerprint density at radius 1 is 0.885 bits per heavy atom. The molecule has 2 fully saturated rings. The molecule has 0 bridgehead atoms. The molecule has 0 heterocycles. The maximum Gasteiger partial charge on any atom is 0.158 e. The molecule has 0 aromatic heterocycles. The van der Waals surface area contributed by atoms with Gasteiger partial charge < -0.3 is 9.47 Å². The van der Waals surface area contributed by atoms with Crippen molar-refractivity contribution in [2.45, 2.75) is 97.7 Å². The quantitative estimate of drug-likeness (QED) is 0.301. The lowest BCUT2D eigenvalue weighted by Crippen LogP contribution is -2.19. The molecule has 2 aliphatic rings. The Bertz CT molecular complexity index is 417. The highest BCUT2D eigenvalue weighted by atomic mass is 16.7. The van der Waals surface area contributed by atoms with Crippen LogP contribution in [0.1, 0.15) is 91.4 Å². The zero-order valence-corrected chi connectivity index (χ0v) is 17.4. The Morgan fingerprint density at radius 2 is 1.46 bits per heavy atom. The van der Waals surface area contributed by atoms with Crippen molar-refractivity contribution in [2.75, 3.05) is 13.2 Å². The summed E-state index contributed by atoms with van der Waals surface area (Å²) >= 11 is 0. The monoisotopic (exact) mass is 363 g/mol. The number of nitrogens with zero attached hydrogens (tertiary/aromatic N) is 1. The summed E-state index contributed by atoms with van der Waals surface area (Å²) in [6.07, 6.45) is 13.0. The summed E-state index contributed by atoms with van der Waals surface area (Å²) in [5.74, 6) is 4.47. The van der Waals surface area contributed by atoms with Crippen molar-refractivity contribution in [3.63, 3.8) is 0 Å². The van der Waals surface area contributed by atoms with Gasteiger partial charge in [-0.2, -0.15) is 5.26 Å². The summed E-state index contributed by atoms with van der Waals surface area (Å²) in [4.78, 5) is 0. The van der Waals surface area contributed by atoms with E-state index in [4.69, 9.17) is 14.7 Å². The number of rotatable bonds is 16. The van der Waals surface area contributed by atoms with E-state index in [9.17, 15) is 0 Å². The van der Waals surface area contributed by atoms with E-state index in [2.05, 4.69) is 26.8 Å². The molecular weight excluding hydrogens is 322 g/mol. The second kappa shape index (κ2) is 12.0. The maximum atomic E-state index is 8.86. The molecule has 0 amide bonds. The summed E-state index contributed by atoms with van der Waals surface area (Å²) in [5.41, 5.74) is 0. The van der Waals surface area contributed by atoms with Crippen LogP contribution in [0.3, 0.4) is 0 Å². The molecule has 3 heteroatoms. The average molecular weight is 364 g/mol. The first kappa shape index (κ1) is 21.7. The third-order valence-electron chi connectivity index (χ3n) is 6.26. The summed E-state index contributed by atoms with van der Waals surface area (Å²) in [5, 5.41) is 8.86. The summed E-state index contributed by atoms with van der Waals surface area (Å²) in [7, 11) is 0. The molecule has 150 valence electrons. The van der Waals surface area contributed by atoms with Crippen LogP contribution in [0.5, 0.6) is 0 Å². The van der Waals surface area contributed by atoms with E-state index in [1.165, 1.54) is 51.4 Å². The van der Waals surface area contributed by atoms with E-state index in [1.54, 1.807) is 0 Å². The van der Waals surface area contributed by atoms with Gasteiger partial charge >= 0.3 is 0 Å². The molecule has 0 aliphatic heterocycles. The minimum absolute atomic E-state index is 0.171. The summed E-state index contributed by atoms with van der Waals surface area (Å²) in [6.45, 7) is 8.48. The lowest BCUT2D eigenvalue weighted by Gasteiger charge is -2.18. The SMILES string of the molecule is CCCCC1CC1CCOC(CCC#N)OCCC1CC1CCC(C)C. The van der Waals surface area contributed by atoms with Gasteiger partial charge in [0.25, 0.3) is 0 Å². The van der Waals surface area contributed by atoms with Crippen LogP contribution in [0.25, 0.3) is 0 Å². The van der Waals surface area contributed by atoms with Crippen molar-refractivity contribution in [1.29, 1.82) is 5.26 Å². The van der Waals surface area contributed by atoms with Crippen LogP contribution >= 0.6 is 0 Å². The average Bonchev–Trinajstić information content (AvgIpc) is 3.52. The Kier molecular flexibility index (Phi) is 10.0. The van der Waals surface area contributed by atoms with Crippen molar-refractivity contribution < 1.29 is 9.47 Å². The second-order valence-electron chi connectivity index (χ2n) is 9.07. The summed E-state index contributed by atoms with van der Waals surface area (Å²) < 4.78 is 12.0. The number of hydrogen-bond donors (Lipinski definition) is 0. The van der Waals surface area contributed by atoms with Crippen LogP contribution in [0.4, 0.5) is 0 Å². The van der Waals surface area contributed by atoms with Crippen molar-refractivity contribution >= 4 is 0 Å². The van der Waals surface area contributed by atoms with E-state index in [1.807, 2.05) is 0 Å². The van der Waals surface area contributed by atoms with E-state index in [-0.39, 0.29) is 6.29 Å². The molecule has 0 aromatic rings. The summed E-state index contributed by atoms with van der Waals surface area (Å²) in [6, 6.07) is 2.23. The van der Waals surface area contributed by atoms with Crippen LogP contribution in [-0.4, -0.2) is 19.5 Å². The lowest BCUT2D eigenvalue weighted by molar-refractivity contribution is -0.147. The zero-order chi connectivity index (χ0) is 18.8. The third kappa shape index (κ3) is 8.87. The van der Waals surface area contributed by atoms with Gasteiger partial charge in [0.05, 0.1) is 19.3 Å².